The molecule has 0 radical (unpaired) electrons. The predicted octanol–water partition coefficient (Wildman–Crippen LogP) is 3.97. The second-order valence-corrected chi connectivity index (χ2v) is 7.91. The molecule has 0 atom stereocenters. The van der Waals surface area contributed by atoms with Gasteiger partial charge in [0, 0.05) is 17.1 Å². The van der Waals surface area contributed by atoms with Crippen molar-refractivity contribution in [2.45, 2.75) is 4.90 Å². The normalized spacial score (nSPS) is 11.7. The maximum absolute atomic E-state index is 13.9. The molecule has 0 bridgehead atoms. The van der Waals surface area contributed by atoms with Crippen LogP contribution >= 0.6 is 0 Å². The Morgan fingerprint density at radius 2 is 1.70 bits per heavy atom. The summed E-state index contributed by atoms with van der Waals surface area (Å²) in [6, 6.07) is 16.5. The number of halogens is 1. The van der Waals surface area contributed by atoms with Crippen LogP contribution in [0.3, 0.4) is 0 Å². The number of benzene rings is 3. The molecule has 1 heterocycles. The highest BCUT2D eigenvalue weighted by Crippen LogP contribution is 2.36. The molecule has 27 heavy (non-hydrogen) atoms. The molecule has 4 rings (SSSR count). The fourth-order valence-electron chi connectivity index (χ4n) is 3.02. The first-order valence-electron chi connectivity index (χ1n) is 8.08. The molecule has 0 aliphatic rings. The summed E-state index contributed by atoms with van der Waals surface area (Å²) in [6.45, 7) is 0. The molecule has 0 amide bonds. The number of rotatable bonds is 3. The molecular weight excluding hydrogens is 367 g/mol. The third kappa shape index (κ3) is 2.82. The molecule has 4 aromatic rings. The number of nitrogens with zero attached hydrogens (tertiary/aromatic N) is 1. The Morgan fingerprint density at radius 1 is 0.963 bits per heavy atom. The molecule has 3 N–H and O–H groups in total. The van der Waals surface area contributed by atoms with E-state index in [4.69, 9.17) is 5.73 Å². The van der Waals surface area contributed by atoms with E-state index in [0.717, 1.165) is 3.97 Å². The van der Waals surface area contributed by atoms with E-state index in [1.807, 2.05) is 0 Å². The fourth-order valence-corrected chi connectivity index (χ4v) is 4.41. The van der Waals surface area contributed by atoms with Crippen molar-refractivity contribution in [1.82, 2.24) is 3.97 Å². The number of aromatic nitrogens is 1. The first-order chi connectivity index (χ1) is 12.9. The van der Waals surface area contributed by atoms with Crippen molar-refractivity contribution < 1.29 is 17.9 Å². The highest BCUT2D eigenvalue weighted by molar-refractivity contribution is 7.90. The van der Waals surface area contributed by atoms with Crippen LogP contribution in [-0.4, -0.2) is 17.5 Å². The summed E-state index contributed by atoms with van der Waals surface area (Å²) in [6.07, 6.45) is 1.43. The van der Waals surface area contributed by atoms with E-state index < -0.39 is 15.8 Å². The number of hydrogen-bond donors (Lipinski definition) is 2. The molecule has 0 saturated carbocycles. The summed E-state index contributed by atoms with van der Waals surface area (Å²) >= 11 is 0. The van der Waals surface area contributed by atoms with Gasteiger partial charge in [0.15, 0.2) is 0 Å². The molecule has 136 valence electrons. The van der Waals surface area contributed by atoms with E-state index in [-0.39, 0.29) is 16.3 Å². The number of aromatic hydroxyl groups is 1. The average Bonchev–Trinajstić information content (AvgIpc) is 3.04. The largest absolute Gasteiger partial charge is 0.506 e. The lowest BCUT2D eigenvalue weighted by molar-refractivity contribution is 0.478. The average molecular weight is 382 g/mol. The van der Waals surface area contributed by atoms with Gasteiger partial charge in [0.1, 0.15) is 11.6 Å². The third-order valence-corrected chi connectivity index (χ3v) is 6.06. The zero-order valence-electron chi connectivity index (χ0n) is 14.0. The van der Waals surface area contributed by atoms with Crippen LogP contribution in [0.1, 0.15) is 0 Å². The van der Waals surface area contributed by atoms with Gasteiger partial charge in [0.05, 0.1) is 16.1 Å². The van der Waals surface area contributed by atoms with Gasteiger partial charge in [0.2, 0.25) is 0 Å². The maximum atomic E-state index is 13.9. The predicted molar refractivity (Wildman–Crippen MR) is 102 cm³/mol. The molecule has 0 aliphatic carbocycles. The molecular formula is C20H15FN2O3S. The van der Waals surface area contributed by atoms with Gasteiger partial charge in [-0.1, -0.05) is 24.3 Å². The molecule has 0 aliphatic heterocycles. The van der Waals surface area contributed by atoms with Gasteiger partial charge in [-0.25, -0.2) is 16.8 Å². The van der Waals surface area contributed by atoms with Crippen LogP contribution in [0.25, 0.3) is 22.0 Å². The minimum atomic E-state index is -3.88. The van der Waals surface area contributed by atoms with Gasteiger partial charge in [-0.15, -0.1) is 0 Å². The second-order valence-electron chi connectivity index (χ2n) is 6.09. The van der Waals surface area contributed by atoms with Crippen LogP contribution in [0.15, 0.2) is 77.8 Å². The van der Waals surface area contributed by atoms with Gasteiger partial charge in [-0.05, 0) is 48.0 Å². The lowest BCUT2D eigenvalue weighted by Gasteiger charge is -2.07. The van der Waals surface area contributed by atoms with Crippen LogP contribution < -0.4 is 5.73 Å². The highest BCUT2D eigenvalue weighted by Gasteiger charge is 2.22. The van der Waals surface area contributed by atoms with Crippen LogP contribution in [0.2, 0.25) is 0 Å². The van der Waals surface area contributed by atoms with Crippen molar-refractivity contribution >= 4 is 26.6 Å². The Balaban J connectivity index is 2.02. The molecule has 1 aromatic heterocycles. The topological polar surface area (TPSA) is 85.3 Å². The molecule has 0 unspecified atom stereocenters. The molecule has 0 fully saturated rings. The van der Waals surface area contributed by atoms with Crippen molar-refractivity contribution in [3.63, 3.8) is 0 Å². The Labute approximate surface area is 155 Å². The summed E-state index contributed by atoms with van der Waals surface area (Å²) in [5.41, 5.74) is 7.18. The Morgan fingerprint density at radius 3 is 2.41 bits per heavy atom. The van der Waals surface area contributed by atoms with Gasteiger partial charge in [-0.2, -0.15) is 0 Å². The minimum absolute atomic E-state index is 0.123. The van der Waals surface area contributed by atoms with Crippen molar-refractivity contribution in [2.24, 2.45) is 0 Å². The number of anilines is 1. The van der Waals surface area contributed by atoms with E-state index >= 15 is 0 Å². The van der Waals surface area contributed by atoms with Gasteiger partial charge >= 0.3 is 0 Å². The van der Waals surface area contributed by atoms with Gasteiger partial charge in [0.25, 0.3) is 10.0 Å². The Hall–Kier alpha value is -3.32. The zero-order valence-corrected chi connectivity index (χ0v) is 14.8. The van der Waals surface area contributed by atoms with Crippen LogP contribution in [-0.2, 0) is 10.0 Å². The monoisotopic (exact) mass is 382 g/mol. The van der Waals surface area contributed by atoms with Crippen LogP contribution in [0, 0.1) is 5.82 Å². The first kappa shape index (κ1) is 17.1. The number of fused-ring (bicyclic) bond motifs is 1. The molecule has 3 aromatic carbocycles. The lowest BCUT2D eigenvalue weighted by Crippen LogP contribution is -2.11. The lowest BCUT2D eigenvalue weighted by atomic mass is 10.0. The first-order valence-corrected chi connectivity index (χ1v) is 9.52. The quantitative estimate of drug-likeness (QED) is 0.415. The van der Waals surface area contributed by atoms with E-state index in [1.165, 1.54) is 48.7 Å². The highest BCUT2D eigenvalue weighted by atomic mass is 32.2. The fraction of sp³-hybridized carbons (Fsp3) is 0. The summed E-state index contributed by atoms with van der Waals surface area (Å²) in [7, 11) is -3.88. The summed E-state index contributed by atoms with van der Waals surface area (Å²) in [5, 5.41) is 10.3. The van der Waals surface area contributed by atoms with Crippen molar-refractivity contribution in [1.29, 1.82) is 0 Å². The number of hydrogen-bond acceptors (Lipinski definition) is 4. The van der Waals surface area contributed by atoms with E-state index in [2.05, 4.69) is 0 Å². The Bertz CT molecular complexity index is 1270. The third-order valence-electron chi connectivity index (χ3n) is 4.37. The van der Waals surface area contributed by atoms with E-state index in [1.54, 1.807) is 24.3 Å². The summed E-state index contributed by atoms with van der Waals surface area (Å²) < 4.78 is 41.2. The summed E-state index contributed by atoms with van der Waals surface area (Å²) in [4.78, 5) is 0.123. The number of phenols is 1. The minimum Gasteiger partial charge on any atom is -0.506 e. The van der Waals surface area contributed by atoms with E-state index in [9.17, 15) is 17.9 Å². The van der Waals surface area contributed by atoms with Crippen LogP contribution in [0.4, 0.5) is 10.1 Å². The van der Waals surface area contributed by atoms with Crippen molar-refractivity contribution in [2.75, 3.05) is 5.73 Å². The zero-order chi connectivity index (χ0) is 19.2. The standard InChI is InChI=1S/C20H15FN2O3S/c21-14-7-9-19-16(11-14)17(13-6-8-18(22)20(24)10-13)12-23(19)27(25,26)15-4-2-1-3-5-15/h1-12,24H,22H2. The molecule has 7 heteroatoms. The van der Waals surface area contributed by atoms with Gasteiger partial charge < -0.3 is 10.8 Å². The smallest absolute Gasteiger partial charge is 0.268 e. The molecule has 0 spiro atoms. The summed E-state index contributed by atoms with van der Waals surface area (Å²) in [5.74, 6) is -0.617. The number of nitrogens with two attached hydrogens (primary N) is 1. The van der Waals surface area contributed by atoms with Gasteiger partial charge in [-0.3, -0.25) is 0 Å². The molecule has 5 nitrogen and oxygen atoms in total. The van der Waals surface area contributed by atoms with E-state index in [0.29, 0.717) is 22.0 Å². The number of phenolic OH excluding ortho intramolecular Hbond substituents is 1. The van der Waals surface area contributed by atoms with Crippen molar-refractivity contribution in [3.8, 4) is 16.9 Å². The van der Waals surface area contributed by atoms with Crippen LogP contribution in [0.5, 0.6) is 5.75 Å². The molecule has 0 saturated heterocycles. The number of nitrogen functional groups attached to an aromatic ring is 1. The second kappa shape index (κ2) is 6.14. The van der Waals surface area contributed by atoms with Crippen molar-refractivity contribution in [3.05, 3.63) is 78.7 Å². The maximum Gasteiger partial charge on any atom is 0.268 e. The SMILES string of the molecule is Nc1ccc(-c2cn(S(=O)(=O)c3ccccc3)c3ccc(F)cc23)cc1O. The Kier molecular flexibility index (Phi) is 3.89.